The number of fused-ring (bicyclic) bond motifs is 2. The van der Waals surface area contributed by atoms with Crippen molar-refractivity contribution in [1.82, 2.24) is 9.88 Å². The van der Waals surface area contributed by atoms with Gasteiger partial charge in [-0.25, -0.2) is 0 Å². The van der Waals surface area contributed by atoms with Gasteiger partial charge in [0, 0.05) is 42.0 Å². The molecule has 0 saturated carbocycles. The van der Waals surface area contributed by atoms with E-state index >= 15 is 0 Å². The van der Waals surface area contributed by atoms with Crippen LogP contribution in [0, 0.1) is 0 Å². The Labute approximate surface area is 171 Å². The molecule has 2 aromatic carbocycles. The largest absolute Gasteiger partial charge is 0.493 e. The molecule has 1 aromatic heterocycles. The Balaban J connectivity index is 1.74. The van der Waals surface area contributed by atoms with Gasteiger partial charge >= 0.3 is 0 Å². The lowest BCUT2D eigenvalue weighted by Crippen LogP contribution is -2.38. The number of H-pyrrole nitrogens is 1. The van der Waals surface area contributed by atoms with Crippen molar-refractivity contribution in [3.63, 3.8) is 0 Å². The fourth-order valence-corrected chi connectivity index (χ4v) is 4.72. The summed E-state index contributed by atoms with van der Waals surface area (Å²) in [5.41, 5.74) is 5.33. The van der Waals surface area contributed by atoms with Gasteiger partial charge in [0.15, 0.2) is 11.5 Å². The van der Waals surface area contributed by atoms with E-state index in [-0.39, 0.29) is 0 Å². The molecule has 4 nitrogen and oxygen atoms in total. The van der Waals surface area contributed by atoms with Crippen LogP contribution in [0.4, 0.5) is 0 Å². The summed E-state index contributed by atoms with van der Waals surface area (Å²) in [5.74, 6) is 2.79. The summed E-state index contributed by atoms with van der Waals surface area (Å²) in [6.07, 6.45) is 6.39. The van der Waals surface area contributed by atoms with Gasteiger partial charge in [-0.15, -0.1) is 0 Å². The van der Waals surface area contributed by atoms with E-state index in [0.29, 0.717) is 6.04 Å². The number of hydrogen-bond acceptors (Lipinski definition) is 4. The predicted molar refractivity (Wildman–Crippen MR) is 118 cm³/mol. The number of aromatic amines is 1. The van der Waals surface area contributed by atoms with E-state index in [1.165, 1.54) is 27.6 Å². The van der Waals surface area contributed by atoms with Gasteiger partial charge in [0.1, 0.15) is 0 Å². The number of benzene rings is 2. The molecule has 0 unspecified atom stereocenters. The minimum Gasteiger partial charge on any atom is -0.493 e. The smallest absolute Gasteiger partial charge is 0.161 e. The minimum absolute atomic E-state index is 0.343. The van der Waals surface area contributed by atoms with Gasteiger partial charge in [-0.05, 0) is 54.0 Å². The van der Waals surface area contributed by atoms with Gasteiger partial charge in [-0.3, -0.25) is 4.90 Å². The molecule has 0 aliphatic carbocycles. The van der Waals surface area contributed by atoms with Crippen LogP contribution in [0.3, 0.4) is 0 Å². The van der Waals surface area contributed by atoms with Gasteiger partial charge in [-0.1, -0.05) is 18.2 Å². The summed E-state index contributed by atoms with van der Waals surface area (Å²) >= 11 is 1.91. The molecule has 1 aliphatic heterocycles. The fraction of sp³-hybridized carbons (Fsp3) is 0.391. The van der Waals surface area contributed by atoms with Crippen LogP contribution in [0.1, 0.15) is 22.7 Å². The van der Waals surface area contributed by atoms with Crippen molar-refractivity contribution in [2.75, 3.05) is 39.3 Å². The summed E-state index contributed by atoms with van der Waals surface area (Å²) in [4.78, 5) is 6.06. The molecule has 4 rings (SSSR count). The molecule has 0 radical (unpaired) electrons. The highest BCUT2D eigenvalue weighted by molar-refractivity contribution is 7.98. The predicted octanol–water partition coefficient (Wildman–Crippen LogP) is 4.69. The number of para-hydroxylation sites is 1. The molecule has 0 fully saturated rings. The molecule has 2 heterocycles. The molecule has 5 heteroatoms. The van der Waals surface area contributed by atoms with E-state index < -0.39 is 0 Å². The lowest BCUT2D eigenvalue weighted by atomic mass is 9.88. The van der Waals surface area contributed by atoms with E-state index in [0.717, 1.165) is 43.2 Å². The van der Waals surface area contributed by atoms with E-state index in [1.54, 1.807) is 14.2 Å². The summed E-state index contributed by atoms with van der Waals surface area (Å²) < 4.78 is 11.2. The maximum Gasteiger partial charge on any atom is 0.161 e. The topological polar surface area (TPSA) is 37.5 Å². The highest BCUT2D eigenvalue weighted by atomic mass is 32.2. The molecule has 148 valence electrons. The first-order chi connectivity index (χ1) is 13.7. The van der Waals surface area contributed by atoms with Gasteiger partial charge < -0.3 is 14.5 Å². The molecule has 0 saturated heterocycles. The van der Waals surface area contributed by atoms with Crippen LogP contribution >= 0.6 is 11.8 Å². The summed E-state index contributed by atoms with van der Waals surface area (Å²) in [5, 5.41) is 1.32. The Hall–Kier alpha value is -2.11. The maximum absolute atomic E-state index is 5.62. The van der Waals surface area contributed by atoms with E-state index in [2.05, 4.69) is 58.7 Å². The lowest BCUT2D eigenvalue weighted by Gasteiger charge is -2.38. The molecule has 0 amide bonds. The summed E-state index contributed by atoms with van der Waals surface area (Å²) in [6, 6.07) is 13.3. The molecule has 0 bridgehead atoms. The number of rotatable bonds is 7. The van der Waals surface area contributed by atoms with Crippen molar-refractivity contribution < 1.29 is 9.47 Å². The Morgan fingerprint density at radius 1 is 1.14 bits per heavy atom. The normalized spacial score (nSPS) is 16.9. The maximum atomic E-state index is 5.62. The van der Waals surface area contributed by atoms with Gasteiger partial charge in [0.05, 0.1) is 14.2 Å². The number of nitrogens with zero attached hydrogens (tertiary/aromatic N) is 1. The Morgan fingerprint density at radius 2 is 1.93 bits per heavy atom. The number of aromatic nitrogens is 1. The van der Waals surface area contributed by atoms with Crippen molar-refractivity contribution in [2.45, 2.75) is 18.9 Å². The molecule has 3 aromatic rings. The average molecular weight is 397 g/mol. The second kappa shape index (κ2) is 8.50. The van der Waals surface area contributed by atoms with Crippen LogP contribution in [-0.2, 0) is 12.8 Å². The van der Waals surface area contributed by atoms with Crippen LogP contribution in [-0.4, -0.2) is 49.2 Å². The van der Waals surface area contributed by atoms with Gasteiger partial charge in [0.25, 0.3) is 0 Å². The van der Waals surface area contributed by atoms with Crippen LogP contribution in [0.2, 0.25) is 0 Å². The first-order valence-electron chi connectivity index (χ1n) is 9.78. The zero-order valence-electron chi connectivity index (χ0n) is 16.8. The highest BCUT2D eigenvalue weighted by Gasteiger charge is 2.29. The number of thioether (sulfide) groups is 1. The third kappa shape index (κ3) is 3.61. The molecule has 1 N–H and O–H groups in total. The fourth-order valence-electron chi connectivity index (χ4n) is 4.30. The van der Waals surface area contributed by atoms with Crippen LogP contribution in [0.5, 0.6) is 11.5 Å². The Morgan fingerprint density at radius 3 is 2.71 bits per heavy atom. The number of nitrogens with one attached hydrogen (secondary N) is 1. The standard InChI is InChI=1S/C23H28N2O2S/c1-26-22-13-16-8-9-25(10-11-28-3)21(19(16)14-23(22)27-2)12-17-15-24-20-7-5-4-6-18(17)20/h4-7,13-15,21,24H,8-12H2,1-3H3/t21-/m1/s1. The van der Waals surface area contributed by atoms with Crippen molar-refractivity contribution >= 4 is 22.7 Å². The zero-order valence-corrected chi connectivity index (χ0v) is 17.6. The molecular formula is C23H28N2O2S. The third-order valence-electron chi connectivity index (χ3n) is 5.78. The first-order valence-corrected chi connectivity index (χ1v) is 11.2. The Bertz CT molecular complexity index is 953. The second-order valence-electron chi connectivity index (χ2n) is 7.26. The van der Waals surface area contributed by atoms with Crippen molar-refractivity contribution in [1.29, 1.82) is 0 Å². The van der Waals surface area contributed by atoms with Crippen LogP contribution in [0.25, 0.3) is 10.9 Å². The number of ether oxygens (including phenoxy) is 2. The van der Waals surface area contributed by atoms with E-state index in [4.69, 9.17) is 9.47 Å². The molecule has 28 heavy (non-hydrogen) atoms. The quantitative estimate of drug-likeness (QED) is 0.629. The van der Waals surface area contributed by atoms with Gasteiger partial charge in [-0.2, -0.15) is 11.8 Å². The molecule has 1 aliphatic rings. The van der Waals surface area contributed by atoms with E-state index in [9.17, 15) is 0 Å². The lowest BCUT2D eigenvalue weighted by molar-refractivity contribution is 0.195. The molecule has 0 spiro atoms. The van der Waals surface area contributed by atoms with Crippen molar-refractivity contribution in [3.8, 4) is 11.5 Å². The monoisotopic (exact) mass is 396 g/mol. The Kier molecular flexibility index (Phi) is 5.83. The third-order valence-corrected chi connectivity index (χ3v) is 6.38. The highest BCUT2D eigenvalue weighted by Crippen LogP contribution is 2.40. The minimum atomic E-state index is 0.343. The number of hydrogen-bond donors (Lipinski definition) is 1. The van der Waals surface area contributed by atoms with Gasteiger partial charge in [0.2, 0.25) is 0 Å². The summed E-state index contributed by atoms with van der Waals surface area (Å²) in [7, 11) is 3.43. The molecule has 1 atom stereocenters. The van der Waals surface area contributed by atoms with Crippen molar-refractivity contribution in [2.24, 2.45) is 0 Å². The van der Waals surface area contributed by atoms with Crippen LogP contribution < -0.4 is 9.47 Å². The second-order valence-corrected chi connectivity index (χ2v) is 8.25. The van der Waals surface area contributed by atoms with Crippen molar-refractivity contribution in [3.05, 3.63) is 59.3 Å². The number of methoxy groups -OCH3 is 2. The zero-order chi connectivity index (χ0) is 19.5. The SMILES string of the molecule is COc1cc2c(cc1OC)[C@@H](Cc1c[nH]c3ccccc13)N(CCSC)CC2. The van der Waals surface area contributed by atoms with E-state index in [1.807, 2.05) is 11.8 Å². The average Bonchev–Trinajstić information content (AvgIpc) is 3.15. The van der Waals surface area contributed by atoms with Crippen LogP contribution in [0.15, 0.2) is 42.6 Å². The summed E-state index contributed by atoms with van der Waals surface area (Å²) in [6.45, 7) is 2.18. The first kappa shape index (κ1) is 19.2. The molecular weight excluding hydrogens is 368 g/mol.